The van der Waals surface area contributed by atoms with Gasteiger partial charge in [-0.05, 0) is 50.1 Å². The molecule has 0 aliphatic heterocycles. The first kappa shape index (κ1) is 25.8. The third-order valence-electron chi connectivity index (χ3n) is 4.16. The predicted molar refractivity (Wildman–Crippen MR) is 128 cm³/mol. The minimum absolute atomic E-state index is 0. The molecule has 2 rings (SSSR count). The second-order valence-corrected chi connectivity index (χ2v) is 10.1. The topological polar surface area (TPSA) is 73.8 Å². The number of hydrogen-bond acceptors (Lipinski definition) is 4. The Bertz CT molecular complexity index is 945. The van der Waals surface area contributed by atoms with Crippen molar-refractivity contribution >= 4 is 51.3 Å². The zero-order valence-corrected chi connectivity index (χ0v) is 21.2. The number of benzene rings is 1. The molecular weight excluding hydrogens is 526 g/mol. The quantitative estimate of drug-likeness (QED) is 0.310. The molecule has 29 heavy (non-hydrogen) atoms. The molecule has 2 N–H and O–H groups in total. The highest BCUT2D eigenvalue weighted by Crippen LogP contribution is 2.24. The van der Waals surface area contributed by atoms with Gasteiger partial charge in [-0.2, -0.15) is 0 Å². The minimum Gasteiger partial charge on any atom is -0.357 e. The van der Waals surface area contributed by atoms with E-state index in [0.29, 0.717) is 28.8 Å². The van der Waals surface area contributed by atoms with E-state index < -0.39 is 10.0 Å². The Morgan fingerprint density at radius 3 is 2.55 bits per heavy atom. The van der Waals surface area contributed by atoms with Gasteiger partial charge in [-0.15, -0.1) is 35.3 Å². The van der Waals surface area contributed by atoms with E-state index in [4.69, 9.17) is 0 Å². The molecule has 1 unspecified atom stereocenters. The van der Waals surface area contributed by atoms with Crippen molar-refractivity contribution in [3.8, 4) is 0 Å². The maximum Gasteiger partial charge on any atom is 0.252 e. The number of thiophene rings is 1. The highest BCUT2D eigenvalue weighted by atomic mass is 127. The highest BCUT2D eigenvalue weighted by Gasteiger charge is 2.19. The average Bonchev–Trinajstić information content (AvgIpc) is 3.11. The number of hydrogen-bond donors (Lipinski definition) is 2. The van der Waals surface area contributed by atoms with Gasteiger partial charge in [0.15, 0.2) is 5.96 Å². The van der Waals surface area contributed by atoms with Crippen molar-refractivity contribution in [1.82, 2.24) is 14.9 Å². The summed E-state index contributed by atoms with van der Waals surface area (Å²) in [5.74, 6) is 0.350. The second-order valence-electron chi connectivity index (χ2n) is 6.58. The van der Waals surface area contributed by atoms with E-state index in [1.54, 1.807) is 25.1 Å². The maximum absolute atomic E-state index is 13.8. The van der Waals surface area contributed by atoms with Crippen LogP contribution in [0.25, 0.3) is 0 Å². The van der Waals surface area contributed by atoms with Gasteiger partial charge in [0.2, 0.25) is 0 Å². The predicted octanol–water partition coefficient (Wildman–Crippen LogP) is 3.88. The van der Waals surface area contributed by atoms with Gasteiger partial charge in [0.25, 0.3) is 10.0 Å². The number of nitrogens with one attached hydrogen (secondary N) is 2. The summed E-state index contributed by atoms with van der Waals surface area (Å²) in [7, 11) is -0.412. The smallest absolute Gasteiger partial charge is 0.252 e. The van der Waals surface area contributed by atoms with Crippen molar-refractivity contribution in [2.24, 2.45) is 4.99 Å². The van der Waals surface area contributed by atoms with Crippen LogP contribution >= 0.6 is 35.3 Å². The largest absolute Gasteiger partial charge is 0.357 e. The summed E-state index contributed by atoms with van der Waals surface area (Å²) in [4.78, 5) is 5.37. The number of rotatable bonds is 7. The molecule has 2 aromatic rings. The molecular formula is C19H28FIN4O2S2. The first-order valence-electron chi connectivity index (χ1n) is 8.97. The van der Waals surface area contributed by atoms with Crippen LogP contribution < -0.4 is 10.6 Å². The number of sulfonamides is 1. The Balaban J connectivity index is 0.00000420. The summed E-state index contributed by atoms with van der Waals surface area (Å²) in [6.45, 7) is 6.64. The Morgan fingerprint density at radius 1 is 1.28 bits per heavy atom. The first-order valence-corrected chi connectivity index (χ1v) is 11.2. The third kappa shape index (κ3) is 6.90. The lowest BCUT2D eigenvalue weighted by molar-refractivity contribution is 0.523. The fourth-order valence-corrected chi connectivity index (χ4v) is 4.85. The van der Waals surface area contributed by atoms with Crippen LogP contribution in [0.15, 0.2) is 39.5 Å². The van der Waals surface area contributed by atoms with Crippen molar-refractivity contribution < 1.29 is 12.8 Å². The number of halogens is 2. The molecule has 0 aliphatic rings. The molecule has 0 amide bonds. The summed E-state index contributed by atoms with van der Waals surface area (Å²) in [6, 6.07) is 8.40. The average molecular weight is 554 g/mol. The van der Waals surface area contributed by atoms with Gasteiger partial charge in [-0.1, -0.05) is 12.1 Å². The lowest BCUT2D eigenvalue weighted by atomic mass is 10.1. The third-order valence-corrected chi connectivity index (χ3v) is 7.51. The van der Waals surface area contributed by atoms with Crippen molar-refractivity contribution in [2.45, 2.75) is 37.6 Å². The van der Waals surface area contributed by atoms with E-state index in [1.165, 1.54) is 35.8 Å². The monoisotopic (exact) mass is 554 g/mol. The van der Waals surface area contributed by atoms with Crippen LogP contribution in [0.4, 0.5) is 4.39 Å². The van der Waals surface area contributed by atoms with Gasteiger partial charge in [0, 0.05) is 25.5 Å². The molecule has 1 atom stereocenters. The Labute approximate surface area is 193 Å². The van der Waals surface area contributed by atoms with E-state index >= 15 is 0 Å². The fraction of sp³-hybridized carbons (Fsp3) is 0.421. The Kier molecular flexibility index (Phi) is 9.99. The number of guanidine groups is 1. The van der Waals surface area contributed by atoms with E-state index in [9.17, 15) is 12.8 Å². The lowest BCUT2D eigenvalue weighted by Gasteiger charge is -2.18. The van der Waals surface area contributed by atoms with Crippen molar-refractivity contribution in [2.75, 3.05) is 20.6 Å². The van der Waals surface area contributed by atoms with Crippen LogP contribution in [-0.2, 0) is 16.6 Å². The SMILES string of the molecule is CCNC(=NCc1ccc(S(=O)(=O)N(C)C)s1)NC(C)c1ccc(C)c(F)c1.I. The molecule has 6 nitrogen and oxygen atoms in total. The van der Waals surface area contributed by atoms with Crippen LogP contribution in [0.2, 0.25) is 0 Å². The van der Waals surface area contributed by atoms with E-state index in [0.717, 1.165) is 10.4 Å². The minimum atomic E-state index is -3.43. The van der Waals surface area contributed by atoms with E-state index in [-0.39, 0.29) is 35.8 Å². The molecule has 162 valence electrons. The summed E-state index contributed by atoms with van der Waals surface area (Å²) < 4.78 is 39.7. The summed E-state index contributed by atoms with van der Waals surface area (Å²) in [6.07, 6.45) is 0. The summed E-state index contributed by atoms with van der Waals surface area (Å²) in [5.41, 5.74) is 1.43. The molecule has 0 fully saturated rings. The molecule has 0 radical (unpaired) electrons. The van der Waals surface area contributed by atoms with Crippen LogP contribution in [0.3, 0.4) is 0 Å². The summed E-state index contributed by atoms with van der Waals surface area (Å²) >= 11 is 1.21. The molecule has 0 aliphatic carbocycles. The Hall–Kier alpha value is -1.24. The molecule has 0 bridgehead atoms. The van der Waals surface area contributed by atoms with Gasteiger partial charge in [-0.25, -0.2) is 22.1 Å². The van der Waals surface area contributed by atoms with Crippen LogP contribution in [0.1, 0.15) is 35.9 Å². The standard InChI is InChI=1S/C19H27FN4O2S2.HI/c1-6-21-19(23-14(3)15-8-7-13(2)17(20)11-15)22-12-16-9-10-18(27-16)28(25,26)24(4)5;/h7-11,14H,6,12H2,1-5H3,(H2,21,22,23);1H. The molecule has 0 saturated carbocycles. The van der Waals surface area contributed by atoms with Crippen molar-refractivity contribution in [3.63, 3.8) is 0 Å². The normalized spacial score (nSPS) is 13.1. The van der Waals surface area contributed by atoms with E-state index in [2.05, 4.69) is 15.6 Å². The van der Waals surface area contributed by atoms with Gasteiger partial charge in [0.05, 0.1) is 12.6 Å². The van der Waals surface area contributed by atoms with Gasteiger partial charge in [0.1, 0.15) is 10.0 Å². The van der Waals surface area contributed by atoms with Gasteiger partial charge in [-0.3, -0.25) is 0 Å². The molecule has 10 heteroatoms. The molecule has 1 aromatic carbocycles. The van der Waals surface area contributed by atoms with Gasteiger partial charge >= 0.3 is 0 Å². The van der Waals surface area contributed by atoms with Crippen molar-refractivity contribution in [1.29, 1.82) is 0 Å². The lowest BCUT2D eigenvalue weighted by Crippen LogP contribution is -2.38. The van der Waals surface area contributed by atoms with E-state index in [1.807, 2.05) is 19.9 Å². The molecule has 0 spiro atoms. The Morgan fingerprint density at radius 2 is 1.97 bits per heavy atom. The molecule has 1 heterocycles. The zero-order chi connectivity index (χ0) is 20.9. The van der Waals surface area contributed by atoms with Crippen LogP contribution in [-0.4, -0.2) is 39.3 Å². The fourth-order valence-electron chi connectivity index (χ4n) is 2.41. The van der Waals surface area contributed by atoms with Crippen LogP contribution in [0.5, 0.6) is 0 Å². The molecule has 0 saturated heterocycles. The number of aliphatic imine (C=N–C) groups is 1. The van der Waals surface area contributed by atoms with Gasteiger partial charge < -0.3 is 10.6 Å². The number of nitrogens with zero attached hydrogens (tertiary/aromatic N) is 2. The highest BCUT2D eigenvalue weighted by molar-refractivity contribution is 14.0. The maximum atomic E-state index is 13.8. The number of aryl methyl sites for hydroxylation is 1. The van der Waals surface area contributed by atoms with Crippen LogP contribution in [0, 0.1) is 12.7 Å². The summed E-state index contributed by atoms with van der Waals surface area (Å²) in [5, 5.41) is 6.41. The second kappa shape index (κ2) is 11.2. The zero-order valence-electron chi connectivity index (χ0n) is 17.2. The molecule has 1 aromatic heterocycles. The first-order chi connectivity index (χ1) is 13.1. The van der Waals surface area contributed by atoms with Crippen molar-refractivity contribution in [3.05, 3.63) is 52.2 Å².